The van der Waals surface area contributed by atoms with Crippen molar-refractivity contribution in [2.45, 2.75) is 6.92 Å². The van der Waals surface area contributed by atoms with Gasteiger partial charge in [0.25, 0.3) is 0 Å². The SMILES string of the molecule is C/C(=N\NC(N)=S)c1sc(Cl)cc1Cl. The number of halogens is 2. The molecule has 0 aliphatic rings. The number of nitrogens with zero attached hydrogens (tertiary/aromatic N) is 1. The molecule has 1 rings (SSSR count). The zero-order valence-electron chi connectivity index (χ0n) is 7.17. The molecule has 0 aliphatic carbocycles. The minimum absolute atomic E-state index is 0.114. The summed E-state index contributed by atoms with van der Waals surface area (Å²) in [5, 5.41) is 4.62. The van der Waals surface area contributed by atoms with Gasteiger partial charge in [-0.2, -0.15) is 5.10 Å². The first-order chi connectivity index (χ1) is 6.50. The molecule has 0 aliphatic heterocycles. The van der Waals surface area contributed by atoms with Crippen molar-refractivity contribution in [3.8, 4) is 0 Å². The Morgan fingerprint density at radius 1 is 1.64 bits per heavy atom. The van der Waals surface area contributed by atoms with Gasteiger partial charge in [-0.1, -0.05) is 23.2 Å². The molecule has 1 heterocycles. The lowest BCUT2D eigenvalue weighted by atomic mass is 10.3. The Morgan fingerprint density at radius 2 is 2.29 bits per heavy atom. The Bertz CT molecular complexity index is 386. The standard InChI is InChI=1S/C7H7Cl2N3S2/c1-3(11-12-7(10)13)6-4(8)2-5(9)14-6/h2H,1H3,(H3,10,12,13)/b11-3+. The van der Waals surface area contributed by atoms with Crippen molar-refractivity contribution in [3.05, 3.63) is 20.3 Å². The summed E-state index contributed by atoms with van der Waals surface area (Å²) in [4.78, 5) is 0.806. The lowest BCUT2D eigenvalue weighted by molar-refractivity contribution is 1.03. The first kappa shape index (κ1) is 11.7. The normalized spacial score (nSPS) is 11.5. The smallest absolute Gasteiger partial charge is 0.184 e. The number of thiophene rings is 1. The molecule has 0 spiro atoms. The minimum atomic E-state index is 0.114. The highest BCUT2D eigenvalue weighted by atomic mass is 35.5. The van der Waals surface area contributed by atoms with E-state index in [0.717, 1.165) is 4.88 Å². The third-order valence-corrected chi connectivity index (χ3v) is 3.19. The lowest BCUT2D eigenvalue weighted by Gasteiger charge is -1.98. The van der Waals surface area contributed by atoms with Crippen LogP contribution in [0.1, 0.15) is 11.8 Å². The zero-order valence-corrected chi connectivity index (χ0v) is 10.3. The molecule has 0 aromatic carbocycles. The molecule has 0 saturated carbocycles. The van der Waals surface area contributed by atoms with Gasteiger partial charge in [0.2, 0.25) is 0 Å². The number of rotatable bonds is 2. The number of hydrazone groups is 1. The second-order valence-electron chi connectivity index (χ2n) is 2.40. The van der Waals surface area contributed by atoms with Crippen molar-refractivity contribution in [1.29, 1.82) is 0 Å². The number of hydrogen-bond donors (Lipinski definition) is 2. The van der Waals surface area contributed by atoms with Crippen molar-refractivity contribution in [1.82, 2.24) is 5.43 Å². The molecule has 0 saturated heterocycles. The molecule has 0 unspecified atom stereocenters. The van der Waals surface area contributed by atoms with Crippen molar-refractivity contribution >= 4 is 57.6 Å². The fourth-order valence-electron chi connectivity index (χ4n) is 0.777. The summed E-state index contributed by atoms with van der Waals surface area (Å²) in [7, 11) is 0. The maximum atomic E-state index is 5.91. The highest BCUT2D eigenvalue weighted by molar-refractivity contribution is 7.80. The molecule has 3 nitrogen and oxygen atoms in total. The maximum Gasteiger partial charge on any atom is 0.184 e. The van der Waals surface area contributed by atoms with E-state index in [0.29, 0.717) is 15.1 Å². The minimum Gasteiger partial charge on any atom is -0.375 e. The van der Waals surface area contributed by atoms with Crippen LogP contribution in [0.5, 0.6) is 0 Å². The van der Waals surface area contributed by atoms with Crippen LogP contribution in [-0.4, -0.2) is 10.8 Å². The molecule has 1 aromatic rings. The molecule has 76 valence electrons. The van der Waals surface area contributed by atoms with Gasteiger partial charge in [0.15, 0.2) is 5.11 Å². The van der Waals surface area contributed by atoms with E-state index in [2.05, 4.69) is 22.7 Å². The quantitative estimate of drug-likeness (QED) is 0.492. The fraction of sp³-hybridized carbons (Fsp3) is 0.143. The van der Waals surface area contributed by atoms with Crippen molar-refractivity contribution in [2.24, 2.45) is 10.8 Å². The van der Waals surface area contributed by atoms with Gasteiger partial charge in [0, 0.05) is 0 Å². The van der Waals surface area contributed by atoms with E-state index in [1.165, 1.54) is 11.3 Å². The van der Waals surface area contributed by atoms with Crippen LogP contribution in [0.4, 0.5) is 0 Å². The molecule has 0 bridgehead atoms. The van der Waals surface area contributed by atoms with Gasteiger partial charge >= 0.3 is 0 Å². The second kappa shape index (κ2) is 4.93. The topological polar surface area (TPSA) is 50.4 Å². The van der Waals surface area contributed by atoms with E-state index in [4.69, 9.17) is 28.9 Å². The van der Waals surface area contributed by atoms with Crippen LogP contribution in [-0.2, 0) is 0 Å². The van der Waals surface area contributed by atoms with Gasteiger partial charge in [-0.25, -0.2) is 0 Å². The summed E-state index contributed by atoms with van der Waals surface area (Å²) in [6, 6.07) is 1.67. The Balaban J connectivity index is 2.88. The van der Waals surface area contributed by atoms with Crippen molar-refractivity contribution in [3.63, 3.8) is 0 Å². The summed E-state index contributed by atoms with van der Waals surface area (Å²) in [6.07, 6.45) is 0. The van der Waals surface area contributed by atoms with Gasteiger partial charge in [-0.3, -0.25) is 5.43 Å². The average Bonchev–Trinajstić information content (AvgIpc) is 2.41. The molecular formula is C7H7Cl2N3S2. The summed E-state index contributed by atoms with van der Waals surface area (Å²) in [5.41, 5.74) is 8.40. The zero-order chi connectivity index (χ0) is 10.7. The van der Waals surface area contributed by atoms with Gasteiger partial charge in [0.1, 0.15) is 0 Å². The summed E-state index contributed by atoms with van der Waals surface area (Å²) in [5.74, 6) is 0. The van der Waals surface area contributed by atoms with Crippen LogP contribution < -0.4 is 11.2 Å². The Hall–Kier alpha value is -0.360. The summed E-state index contributed by atoms with van der Waals surface area (Å²) < 4.78 is 0.620. The Morgan fingerprint density at radius 3 is 2.71 bits per heavy atom. The van der Waals surface area contributed by atoms with Gasteiger partial charge < -0.3 is 5.73 Å². The van der Waals surface area contributed by atoms with Crippen LogP contribution in [0.3, 0.4) is 0 Å². The molecule has 0 radical (unpaired) electrons. The van der Waals surface area contributed by atoms with Gasteiger partial charge in [0.05, 0.1) is 19.9 Å². The Labute approximate surface area is 101 Å². The van der Waals surface area contributed by atoms with Gasteiger partial charge in [-0.05, 0) is 25.2 Å². The number of hydrogen-bond acceptors (Lipinski definition) is 3. The number of nitrogens with one attached hydrogen (secondary N) is 1. The predicted molar refractivity (Wildman–Crippen MR) is 66.5 cm³/mol. The highest BCUT2D eigenvalue weighted by Gasteiger charge is 2.08. The third kappa shape index (κ3) is 3.09. The maximum absolute atomic E-state index is 5.91. The molecular weight excluding hydrogens is 261 g/mol. The first-order valence-electron chi connectivity index (χ1n) is 3.55. The molecule has 0 amide bonds. The monoisotopic (exact) mass is 267 g/mol. The highest BCUT2D eigenvalue weighted by Crippen LogP contribution is 2.30. The van der Waals surface area contributed by atoms with E-state index in [-0.39, 0.29) is 5.11 Å². The van der Waals surface area contributed by atoms with Crippen LogP contribution in [0.25, 0.3) is 0 Å². The molecule has 14 heavy (non-hydrogen) atoms. The summed E-state index contributed by atoms with van der Waals surface area (Å²) in [6.45, 7) is 1.79. The van der Waals surface area contributed by atoms with Crippen molar-refractivity contribution < 1.29 is 0 Å². The van der Waals surface area contributed by atoms with E-state index in [9.17, 15) is 0 Å². The van der Waals surface area contributed by atoms with E-state index in [1.54, 1.807) is 13.0 Å². The van der Waals surface area contributed by atoms with Crippen LogP contribution in [0.2, 0.25) is 9.36 Å². The van der Waals surface area contributed by atoms with E-state index < -0.39 is 0 Å². The second-order valence-corrected chi connectivity index (χ2v) is 4.93. The summed E-state index contributed by atoms with van der Waals surface area (Å²) >= 11 is 17.6. The molecule has 0 atom stereocenters. The van der Waals surface area contributed by atoms with E-state index >= 15 is 0 Å². The first-order valence-corrected chi connectivity index (χ1v) is 5.53. The van der Waals surface area contributed by atoms with Crippen molar-refractivity contribution in [2.75, 3.05) is 0 Å². The van der Waals surface area contributed by atoms with Crippen LogP contribution in [0, 0.1) is 0 Å². The molecule has 0 fully saturated rings. The molecule has 1 aromatic heterocycles. The van der Waals surface area contributed by atoms with Crippen LogP contribution >= 0.6 is 46.8 Å². The third-order valence-electron chi connectivity index (χ3n) is 1.32. The molecule has 7 heteroatoms. The van der Waals surface area contributed by atoms with Crippen LogP contribution in [0.15, 0.2) is 11.2 Å². The predicted octanol–water partition coefficient (Wildman–Crippen LogP) is 2.61. The number of thiocarbonyl (C=S) groups is 1. The fourth-order valence-corrected chi connectivity index (χ4v) is 2.37. The lowest BCUT2D eigenvalue weighted by Crippen LogP contribution is -2.25. The largest absolute Gasteiger partial charge is 0.375 e. The van der Waals surface area contributed by atoms with Gasteiger partial charge in [-0.15, -0.1) is 11.3 Å². The Kier molecular flexibility index (Phi) is 4.12. The molecule has 3 N–H and O–H groups in total. The number of nitrogens with two attached hydrogens (primary N) is 1. The average molecular weight is 268 g/mol. The van der Waals surface area contributed by atoms with E-state index in [1.807, 2.05) is 0 Å².